The minimum absolute atomic E-state index is 0.195. The molecule has 0 aliphatic carbocycles. The Morgan fingerprint density at radius 3 is 2.43 bits per heavy atom. The first-order chi connectivity index (χ1) is 13.2. The van der Waals surface area contributed by atoms with Gasteiger partial charge in [-0.2, -0.15) is 11.8 Å². The third kappa shape index (κ3) is 8.76. The maximum atomic E-state index is 12.1. The number of carbonyl (C=O) groups is 4. The van der Waals surface area contributed by atoms with Gasteiger partial charge in [-0.15, -0.1) is 0 Å². The third-order valence-corrected chi connectivity index (χ3v) is 4.34. The summed E-state index contributed by atoms with van der Waals surface area (Å²) < 4.78 is 4.96. The zero-order valence-electron chi connectivity index (χ0n) is 16.2. The van der Waals surface area contributed by atoms with Crippen LogP contribution in [0.3, 0.4) is 0 Å². The van der Waals surface area contributed by atoms with Crippen LogP contribution >= 0.6 is 11.8 Å². The number of thioether (sulfide) groups is 1. The van der Waals surface area contributed by atoms with Gasteiger partial charge >= 0.3 is 12.0 Å². The number of ether oxygens (including phenoxy) is 1. The molecule has 0 heterocycles. The number of primary amides is 1. The van der Waals surface area contributed by atoms with E-state index in [9.17, 15) is 19.2 Å². The van der Waals surface area contributed by atoms with Gasteiger partial charge < -0.3 is 26.0 Å². The fourth-order valence-corrected chi connectivity index (χ4v) is 2.61. The van der Waals surface area contributed by atoms with Gasteiger partial charge in [-0.25, -0.2) is 9.59 Å². The molecule has 0 radical (unpaired) electrons. The molecule has 0 aromatic heterocycles. The van der Waals surface area contributed by atoms with Crippen LogP contribution in [-0.2, 0) is 19.1 Å². The number of anilines is 1. The lowest BCUT2D eigenvalue weighted by Gasteiger charge is -2.19. The van der Waals surface area contributed by atoms with E-state index in [1.54, 1.807) is 12.1 Å². The highest BCUT2D eigenvalue weighted by Gasteiger charge is 2.23. The monoisotopic (exact) mass is 410 g/mol. The summed E-state index contributed by atoms with van der Waals surface area (Å²) >= 11 is 1.49. The van der Waals surface area contributed by atoms with E-state index in [1.807, 2.05) is 25.3 Å². The van der Waals surface area contributed by atoms with E-state index < -0.39 is 30.6 Å². The first kappa shape index (κ1) is 23.3. The molecule has 1 rings (SSSR count). The van der Waals surface area contributed by atoms with Crippen molar-refractivity contribution < 1.29 is 23.9 Å². The Bertz CT molecular complexity index is 696. The SMILES string of the molecule is CSCC[C@@H](NC(N)=O)C(=O)OCC(=O)N(C)CC(=O)Nc1ccc(C)cc1. The van der Waals surface area contributed by atoms with Gasteiger partial charge in [0.15, 0.2) is 6.61 Å². The number of hydrogen-bond acceptors (Lipinski definition) is 6. The molecular formula is C18H26N4O5S. The summed E-state index contributed by atoms with van der Waals surface area (Å²) in [5.41, 5.74) is 6.74. The summed E-state index contributed by atoms with van der Waals surface area (Å²) in [6.45, 7) is 1.20. The highest BCUT2D eigenvalue weighted by atomic mass is 32.2. The number of rotatable bonds is 10. The highest BCUT2D eigenvalue weighted by molar-refractivity contribution is 7.98. The van der Waals surface area contributed by atoms with Crippen molar-refractivity contribution in [1.29, 1.82) is 0 Å². The minimum atomic E-state index is -0.923. The molecule has 1 aromatic carbocycles. The van der Waals surface area contributed by atoms with Crippen molar-refractivity contribution in [1.82, 2.24) is 10.2 Å². The van der Waals surface area contributed by atoms with Crippen molar-refractivity contribution in [2.75, 3.05) is 37.5 Å². The number of nitrogens with zero attached hydrogens (tertiary/aromatic N) is 1. The van der Waals surface area contributed by atoms with E-state index in [4.69, 9.17) is 10.5 Å². The Labute approximate surface area is 168 Å². The van der Waals surface area contributed by atoms with Crippen molar-refractivity contribution in [3.8, 4) is 0 Å². The fourth-order valence-electron chi connectivity index (χ4n) is 2.14. The molecule has 1 aromatic rings. The zero-order chi connectivity index (χ0) is 21.1. The second kappa shape index (κ2) is 11.9. The molecule has 0 saturated carbocycles. The molecule has 4 amide bonds. The highest BCUT2D eigenvalue weighted by Crippen LogP contribution is 2.08. The molecule has 1 atom stereocenters. The lowest BCUT2D eigenvalue weighted by Crippen LogP contribution is -2.46. The Kier molecular flexibility index (Phi) is 9.86. The van der Waals surface area contributed by atoms with Crippen molar-refractivity contribution >= 4 is 41.3 Å². The van der Waals surface area contributed by atoms with Gasteiger partial charge in [-0.3, -0.25) is 9.59 Å². The van der Waals surface area contributed by atoms with Gasteiger partial charge in [0.1, 0.15) is 6.04 Å². The van der Waals surface area contributed by atoms with Gasteiger partial charge in [0, 0.05) is 12.7 Å². The first-order valence-electron chi connectivity index (χ1n) is 8.55. The standard InChI is InChI=1S/C18H26N4O5S/c1-12-4-6-13(7-5-12)20-15(23)10-22(2)16(24)11-27-17(25)14(8-9-28-3)21-18(19)26/h4-7,14H,8-11H2,1-3H3,(H,20,23)(H3,19,21,26)/t14-/m1/s1. The maximum Gasteiger partial charge on any atom is 0.329 e. The van der Waals surface area contributed by atoms with E-state index in [0.29, 0.717) is 17.9 Å². The summed E-state index contributed by atoms with van der Waals surface area (Å²) in [5, 5.41) is 4.97. The maximum absolute atomic E-state index is 12.1. The first-order valence-corrected chi connectivity index (χ1v) is 9.94. The van der Waals surface area contributed by atoms with Crippen LogP contribution in [0, 0.1) is 6.92 Å². The van der Waals surface area contributed by atoms with Gasteiger partial charge in [0.05, 0.1) is 6.54 Å². The molecule has 0 saturated heterocycles. The van der Waals surface area contributed by atoms with Crippen molar-refractivity contribution in [2.24, 2.45) is 5.73 Å². The van der Waals surface area contributed by atoms with Gasteiger partial charge in [0.2, 0.25) is 5.91 Å². The normalized spacial score (nSPS) is 11.2. The van der Waals surface area contributed by atoms with Crippen molar-refractivity contribution in [2.45, 2.75) is 19.4 Å². The number of aryl methyl sites for hydroxylation is 1. The Morgan fingerprint density at radius 1 is 1.21 bits per heavy atom. The summed E-state index contributed by atoms with van der Waals surface area (Å²) in [7, 11) is 1.43. The van der Waals surface area contributed by atoms with Crippen LogP contribution in [0.15, 0.2) is 24.3 Å². The molecule has 9 nitrogen and oxygen atoms in total. The Hall–Kier alpha value is -2.75. The minimum Gasteiger partial charge on any atom is -0.454 e. The number of carbonyl (C=O) groups excluding carboxylic acids is 4. The lowest BCUT2D eigenvalue weighted by atomic mass is 10.2. The van der Waals surface area contributed by atoms with Crippen LogP contribution in [0.1, 0.15) is 12.0 Å². The van der Waals surface area contributed by atoms with E-state index in [-0.39, 0.29) is 12.5 Å². The molecule has 28 heavy (non-hydrogen) atoms. The predicted octanol–water partition coefficient (Wildman–Crippen LogP) is 0.725. The predicted molar refractivity (Wildman–Crippen MR) is 108 cm³/mol. The summed E-state index contributed by atoms with van der Waals surface area (Å²) in [5.74, 6) is -1.07. The van der Waals surface area contributed by atoms with Crippen molar-refractivity contribution in [3.05, 3.63) is 29.8 Å². The van der Waals surface area contributed by atoms with Crippen LogP contribution in [0.4, 0.5) is 10.5 Å². The average Bonchev–Trinajstić information content (AvgIpc) is 2.64. The topological polar surface area (TPSA) is 131 Å². The number of nitrogens with two attached hydrogens (primary N) is 1. The van der Waals surface area contributed by atoms with E-state index in [1.165, 1.54) is 18.8 Å². The van der Waals surface area contributed by atoms with Gasteiger partial charge in [-0.05, 0) is 37.5 Å². The van der Waals surface area contributed by atoms with Gasteiger partial charge in [-0.1, -0.05) is 17.7 Å². The van der Waals surface area contributed by atoms with Crippen LogP contribution in [-0.4, -0.2) is 67.0 Å². The molecule has 10 heteroatoms. The van der Waals surface area contributed by atoms with Crippen LogP contribution in [0.5, 0.6) is 0 Å². The smallest absolute Gasteiger partial charge is 0.329 e. The number of amides is 4. The largest absolute Gasteiger partial charge is 0.454 e. The van der Waals surface area contributed by atoms with E-state index in [2.05, 4.69) is 10.6 Å². The lowest BCUT2D eigenvalue weighted by molar-refractivity contribution is -0.153. The summed E-state index contributed by atoms with van der Waals surface area (Å²) in [6.07, 6.45) is 2.18. The number of nitrogens with one attached hydrogen (secondary N) is 2. The van der Waals surface area contributed by atoms with E-state index >= 15 is 0 Å². The fraction of sp³-hybridized carbons (Fsp3) is 0.444. The Morgan fingerprint density at radius 2 is 1.86 bits per heavy atom. The third-order valence-electron chi connectivity index (χ3n) is 3.69. The number of benzene rings is 1. The second-order valence-electron chi connectivity index (χ2n) is 6.11. The molecule has 4 N–H and O–H groups in total. The zero-order valence-corrected chi connectivity index (χ0v) is 17.0. The Balaban J connectivity index is 2.47. The number of esters is 1. The summed E-state index contributed by atoms with van der Waals surface area (Å²) in [4.78, 5) is 48.3. The molecule has 0 aliphatic rings. The molecule has 0 spiro atoms. The summed E-state index contributed by atoms with van der Waals surface area (Å²) in [6, 6.07) is 5.47. The average molecular weight is 410 g/mol. The van der Waals surface area contributed by atoms with E-state index in [0.717, 1.165) is 10.5 Å². The second-order valence-corrected chi connectivity index (χ2v) is 7.10. The number of likely N-dealkylation sites (N-methyl/N-ethyl adjacent to an activating group) is 1. The molecule has 0 bridgehead atoms. The molecular weight excluding hydrogens is 384 g/mol. The number of hydrogen-bond donors (Lipinski definition) is 3. The van der Waals surface area contributed by atoms with Crippen LogP contribution < -0.4 is 16.4 Å². The van der Waals surface area contributed by atoms with Crippen LogP contribution in [0.2, 0.25) is 0 Å². The van der Waals surface area contributed by atoms with Gasteiger partial charge in [0.25, 0.3) is 5.91 Å². The number of urea groups is 1. The molecule has 154 valence electrons. The molecule has 0 unspecified atom stereocenters. The quantitative estimate of drug-likeness (QED) is 0.487. The molecule has 0 aliphatic heterocycles. The van der Waals surface area contributed by atoms with Crippen molar-refractivity contribution in [3.63, 3.8) is 0 Å². The van der Waals surface area contributed by atoms with Crippen LogP contribution in [0.25, 0.3) is 0 Å². The molecule has 0 fully saturated rings.